The Morgan fingerprint density at radius 1 is 1.33 bits per heavy atom. The Bertz CT molecular complexity index is 437. The van der Waals surface area contributed by atoms with Gasteiger partial charge in [0.2, 0.25) is 0 Å². The summed E-state index contributed by atoms with van der Waals surface area (Å²) in [6.45, 7) is 9.20. The first-order valence-electron chi connectivity index (χ1n) is 8.45. The van der Waals surface area contributed by atoms with E-state index in [1.807, 2.05) is 0 Å². The molecule has 3 nitrogen and oxygen atoms in total. The van der Waals surface area contributed by atoms with Crippen molar-refractivity contribution in [3.05, 3.63) is 29.8 Å². The lowest BCUT2D eigenvalue weighted by Crippen LogP contribution is -2.46. The molecule has 116 valence electrons. The van der Waals surface area contributed by atoms with Crippen LogP contribution in [0, 0.1) is 5.92 Å². The van der Waals surface area contributed by atoms with Crippen molar-refractivity contribution in [3.63, 3.8) is 0 Å². The van der Waals surface area contributed by atoms with Crippen molar-refractivity contribution < 1.29 is 4.74 Å². The molecule has 21 heavy (non-hydrogen) atoms. The first kappa shape index (κ1) is 14.9. The van der Waals surface area contributed by atoms with Crippen molar-refractivity contribution >= 4 is 0 Å². The van der Waals surface area contributed by atoms with Crippen LogP contribution in [-0.2, 0) is 6.42 Å². The number of rotatable bonds is 3. The molecule has 0 radical (unpaired) electrons. The molecule has 2 aliphatic heterocycles. The molecule has 1 fully saturated rings. The molecule has 0 spiro atoms. The summed E-state index contributed by atoms with van der Waals surface area (Å²) in [6, 6.07) is 9.15. The van der Waals surface area contributed by atoms with E-state index in [-0.39, 0.29) is 0 Å². The topological polar surface area (TPSA) is 24.5 Å². The number of benzene rings is 1. The van der Waals surface area contributed by atoms with Gasteiger partial charge in [-0.05, 0) is 43.5 Å². The van der Waals surface area contributed by atoms with Gasteiger partial charge in [0.1, 0.15) is 11.9 Å². The van der Waals surface area contributed by atoms with Gasteiger partial charge in [-0.1, -0.05) is 32.0 Å². The molecule has 2 heterocycles. The number of nitrogens with one attached hydrogen (secondary N) is 1. The van der Waals surface area contributed by atoms with E-state index < -0.39 is 0 Å². The fourth-order valence-electron chi connectivity index (χ4n) is 3.56. The molecular formula is C18H28N2O. The van der Waals surface area contributed by atoms with Crippen LogP contribution in [0.15, 0.2) is 24.3 Å². The molecule has 2 aliphatic rings. The van der Waals surface area contributed by atoms with Crippen LogP contribution >= 0.6 is 0 Å². The zero-order valence-electron chi connectivity index (χ0n) is 13.3. The molecule has 1 aromatic carbocycles. The lowest BCUT2D eigenvalue weighted by molar-refractivity contribution is 0.124. The second kappa shape index (κ2) is 6.80. The summed E-state index contributed by atoms with van der Waals surface area (Å²) in [5.41, 5.74) is 1.37. The van der Waals surface area contributed by atoms with Gasteiger partial charge in [-0.25, -0.2) is 0 Å². The van der Waals surface area contributed by atoms with Gasteiger partial charge in [0.15, 0.2) is 0 Å². The maximum atomic E-state index is 6.11. The van der Waals surface area contributed by atoms with E-state index in [2.05, 4.69) is 48.3 Å². The van der Waals surface area contributed by atoms with E-state index in [9.17, 15) is 0 Å². The molecule has 0 bridgehead atoms. The van der Waals surface area contributed by atoms with E-state index in [0.717, 1.165) is 25.3 Å². The Morgan fingerprint density at radius 2 is 2.19 bits per heavy atom. The number of hydrogen-bond donors (Lipinski definition) is 1. The minimum Gasteiger partial charge on any atom is -0.488 e. The largest absolute Gasteiger partial charge is 0.488 e. The smallest absolute Gasteiger partial charge is 0.123 e. The van der Waals surface area contributed by atoms with E-state index in [1.165, 1.54) is 31.5 Å². The van der Waals surface area contributed by atoms with Gasteiger partial charge >= 0.3 is 0 Å². The lowest BCUT2D eigenvalue weighted by atomic mass is 10.0. The van der Waals surface area contributed by atoms with Crippen LogP contribution in [0.2, 0.25) is 0 Å². The number of nitrogens with zero attached hydrogens (tertiary/aromatic N) is 1. The predicted molar refractivity (Wildman–Crippen MR) is 86.9 cm³/mol. The normalized spacial score (nSPS) is 30.3. The highest BCUT2D eigenvalue weighted by Gasteiger charge is 2.26. The summed E-state index contributed by atoms with van der Waals surface area (Å²) in [6.07, 6.45) is 3.88. The SMILES string of the molecule is CCC1CCN(CC2Cc3ccccc3O2)CC(C)CN1. The average molecular weight is 288 g/mol. The van der Waals surface area contributed by atoms with Crippen LogP contribution in [0.1, 0.15) is 32.3 Å². The van der Waals surface area contributed by atoms with Crippen LogP contribution in [0.25, 0.3) is 0 Å². The zero-order chi connectivity index (χ0) is 14.7. The van der Waals surface area contributed by atoms with Crippen LogP contribution in [0.3, 0.4) is 0 Å². The minimum absolute atomic E-state index is 0.335. The third-order valence-electron chi connectivity index (χ3n) is 4.79. The van der Waals surface area contributed by atoms with Crippen LogP contribution < -0.4 is 10.1 Å². The second-order valence-electron chi connectivity index (χ2n) is 6.72. The molecule has 3 heteroatoms. The number of para-hydroxylation sites is 1. The van der Waals surface area contributed by atoms with Crippen molar-refractivity contribution in [2.24, 2.45) is 5.92 Å². The summed E-state index contributed by atoms with van der Waals surface area (Å²) in [5.74, 6) is 1.80. The summed E-state index contributed by atoms with van der Waals surface area (Å²) in [7, 11) is 0. The molecule has 1 aromatic rings. The Labute approximate surface area is 128 Å². The van der Waals surface area contributed by atoms with Gasteiger partial charge in [-0.3, -0.25) is 4.90 Å². The molecule has 3 atom stereocenters. The fourth-order valence-corrected chi connectivity index (χ4v) is 3.56. The molecule has 1 N–H and O–H groups in total. The first-order chi connectivity index (χ1) is 10.2. The van der Waals surface area contributed by atoms with Crippen molar-refractivity contribution in [1.82, 2.24) is 10.2 Å². The predicted octanol–water partition coefficient (Wildman–Crippen LogP) is 2.70. The zero-order valence-corrected chi connectivity index (χ0v) is 13.3. The highest BCUT2D eigenvalue weighted by Crippen LogP contribution is 2.28. The number of hydrogen-bond acceptors (Lipinski definition) is 3. The first-order valence-corrected chi connectivity index (χ1v) is 8.45. The van der Waals surface area contributed by atoms with Gasteiger partial charge in [-0.15, -0.1) is 0 Å². The molecule has 3 rings (SSSR count). The summed E-state index contributed by atoms with van der Waals surface area (Å²) >= 11 is 0. The van der Waals surface area contributed by atoms with Crippen LogP contribution in [-0.4, -0.2) is 43.2 Å². The number of fused-ring (bicyclic) bond motifs is 1. The number of ether oxygens (including phenoxy) is 1. The maximum Gasteiger partial charge on any atom is 0.123 e. The molecule has 0 amide bonds. The highest BCUT2D eigenvalue weighted by atomic mass is 16.5. The van der Waals surface area contributed by atoms with Crippen LogP contribution in [0.5, 0.6) is 5.75 Å². The third-order valence-corrected chi connectivity index (χ3v) is 4.79. The molecule has 0 aromatic heterocycles. The molecule has 0 saturated carbocycles. The van der Waals surface area contributed by atoms with Gasteiger partial charge in [0.05, 0.1) is 0 Å². The van der Waals surface area contributed by atoms with Crippen LogP contribution in [0.4, 0.5) is 0 Å². The average Bonchev–Trinajstić information content (AvgIpc) is 2.87. The molecule has 1 saturated heterocycles. The Kier molecular flexibility index (Phi) is 4.81. The minimum atomic E-state index is 0.335. The molecule has 3 unspecified atom stereocenters. The lowest BCUT2D eigenvalue weighted by Gasteiger charge is -2.33. The van der Waals surface area contributed by atoms with E-state index >= 15 is 0 Å². The van der Waals surface area contributed by atoms with Gasteiger partial charge in [0, 0.05) is 25.6 Å². The Morgan fingerprint density at radius 3 is 3.00 bits per heavy atom. The van der Waals surface area contributed by atoms with Crippen molar-refractivity contribution in [2.75, 3.05) is 26.2 Å². The third kappa shape index (κ3) is 3.78. The van der Waals surface area contributed by atoms with E-state index in [0.29, 0.717) is 18.1 Å². The molecular weight excluding hydrogens is 260 g/mol. The monoisotopic (exact) mass is 288 g/mol. The summed E-state index contributed by atoms with van der Waals surface area (Å²) in [4.78, 5) is 2.62. The Hall–Kier alpha value is -1.06. The highest BCUT2D eigenvalue weighted by molar-refractivity contribution is 5.37. The summed E-state index contributed by atoms with van der Waals surface area (Å²) < 4.78 is 6.11. The second-order valence-corrected chi connectivity index (χ2v) is 6.72. The summed E-state index contributed by atoms with van der Waals surface area (Å²) in [5, 5.41) is 3.69. The van der Waals surface area contributed by atoms with Gasteiger partial charge in [-0.2, -0.15) is 0 Å². The van der Waals surface area contributed by atoms with E-state index in [4.69, 9.17) is 4.74 Å². The molecule has 0 aliphatic carbocycles. The fraction of sp³-hybridized carbons (Fsp3) is 0.667. The maximum absolute atomic E-state index is 6.11. The van der Waals surface area contributed by atoms with E-state index in [1.54, 1.807) is 0 Å². The van der Waals surface area contributed by atoms with Gasteiger partial charge < -0.3 is 10.1 Å². The van der Waals surface area contributed by atoms with Crippen molar-refractivity contribution in [2.45, 2.75) is 45.3 Å². The van der Waals surface area contributed by atoms with Crippen molar-refractivity contribution in [1.29, 1.82) is 0 Å². The Balaban J connectivity index is 1.57. The quantitative estimate of drug-likeness (QED) is 0.925. The van der Waals surface area contributed by atoms with Crippen molar-refractivity contribution in [3.8, 4) is 5.75 Å². The van der Waals surface area contributed by atoms with Gasteiger partial charge in [0.25, 0.3) is 0 Å². The standard InChI is InChI=1S/C18H28N2O/c1-3-16-8-9-20(12-14(2)11-19-16)13-17-10-15-6-4-5-7-18(15)21-17/h4-7,14,16-17,19H,3,8-13H2,1-2H3.